The van der Waals surface area contributed by atoms with E-state index in [1.807, 2.05) is 17.4 Å². The summed E-state index contributed by atoms with van der Waals surface area (Å²) in [4.78, 5) is 4.39. The summed E-state index contributed by atoms with van der Waals surface area (Å²) in [7, 11) is 0. The fourth-order valence-corrected chi connectivity index (χ4v) is 4.69. The van der Waals surface area contributed by atoms with Crippen LogP contribution < -0.4 is 5.32 Å². The molecule has 96 valence electrons. The van der Waals surface area contributed by atoms with Crippen LogP contribution in [0.3, 0.4) is 0 Å². The third-order valence-electron chi connectivity index (χ3n) is 3.40. The number of fused-ring (bicyclic) bond motifs is 1. The van der Waals surface area contributed by atoms with Gasteiger partial charge in [-0.1, -0.05) is 11.6 Å². The van der Waals surface area contributed by atoms with Crippen molar-refractivity contribution >= 4 is 34.3 Å². The van der Waals surface area contributed by atoms with Crippen LogP contribution >= 0.6 is 34.3 Å². The fourth-order valence-electron chi connectivity index (χ4n) is 2.39. The summed E-state index contributed by atoms with van der Waals surface area (Å²) in [6, 6.07) is 6.84. The summed E-state index contributed by atoms with van der Waals surface area (Å²) >= 11 is 9.61. The van der Waals surface area contributed by atoms with Crippen LogP contribution in [0.15, 0.2) is 18.2 Å². The molecule has 0 fully saturated rings. The fraction of sp³-hybridized carbons (Fsp3) is 0.429. The van der Waals surface area contributed by atoms with E-state index in [2.05, 4.69) is 24.4 Å². The molecular formula is C14H16ClNS2. The zero-order valence-electron chi connectivity index (χ0n) is 10.3. The topological polar surface area (TPSA) is 12.0 Å². The molecule has 0 radical (unpaired) electrons. The van der Waals surface area contributed by atoms with Crippen LogP contribution in [0.4, 0.5) is 0 Å². The van der Waals surface area contributed by atoms with Gasteiger partial charge in [-0.15, -0.1) is 22.7 Å². The molecule has 1 unspecified atom stereocenters. The number of nitrogens with one attached hydrogen (secondary N) is 1. The highest BCUT2D eigenvalue weighted by Gasteiger charge is 2.15. The molecule has 1 N–H and O–H groups in total. The monoisotopic (exact) mass is 297 g/mol. The second kappa shape index (κ2) is 5.33. The van der Waals surface area contributed by atoms with Gasteiger partial charge in [-0.3, -0.25) is 0 Å². The quantitative estimate of drug-likeness (QED) is 0.854. The molecule has 2 heterocycles. The lowest BCUT2D eigenvalue weighted by Crippen LogP contribution is -2.16. The number of hydrogen-bond acceptors (Lipinski definition) is 3. The average Bonchev–Trinajstić information content (AvgIpc) is 3.00. The van der Waals surface area contributed by atoms with E-state index in [-0.39, 0.29) is 0 Å². The van der Waals surface area contributed by atoms with E-state index in [1.165, 1.54) is 29.0 Å². The van der Waals surface area contributed by atoms with Gasteiger partial charge in [0.1, 0.15) is 0 Å². The zero-order valence-corrected chi connectivity index (χ0v) is 12.7. The van der Waals surface area contributed by atoms with E-state index in [1.54, 1.807) is 21.8 Å². The Morgan fingerprint density at radius 2 is 2.22 bits per heavy atom. The summed E-state index contributed by atoms with van der Waals surface area (Å²) in [6.07, 6.45) is 3.91. The Bertz CT molecular complexity index is 522. The van der Waals surface area contributed by atoms with Crippen molar-refractivity contribution in [1.82, 2.24) is 5.32 Å². The maximum Gasteiger partial charge on any atom is 0.0931 e. The summed E-state index contributed by atoms with van der Waals surface area (Å²) in [5, 5.41) is 3.58. The van der Waals surface area contributed by atoms with Gasteiger partial charge in [-0.2, -0.15) is 0 Å². The van der Waals surface area contributed by atoms with Gasteiger partial charge in [0.15, 0.2) is 0 Å². The lowest BCUT2D eigenvalue weighted by atomic mass is 10.2. The lowest BCUT2D eigenvalue weighted by molar-refractivity contribution is 0.587. The molecule has 1 nitrogen and oxygen atoms in total. The average molecular weight is 298 g/mol. The van der Waals surface area contributed by atoms with Crippen molar-refractivity contribution in [2.24, 2.45) is 0 Å². The Morgan fingerprint density at radius 1 is 1.33 bits per heavy atom. The molecule has 1 aliphatic rings. The van der Waals surface area contributed by atoms with Crippen molar-refractivity contribution in [3.63, 3.8) is 0 Å². The Hall–Kier alpha value is -0.350. The van der Waals surface area contributed by atoms with Crippen LogP contribution in [-0.2, 0) is 19.4 Å². The third-order valence-corrected chi connectivity index (χ3v) is 6.05. The molecule has 0 spiro atoms. The van der Waals surface area contributed by atoms with Gasteiger partial charge in [-0.05, 0) is 49.9 Å². The first-order chi connectivity index (χ1) is 8.72. The molecule has 18 heavy (non-hydrogen) atoms. The molecule has 1 atom stereocenters. The molecule has 4 heteroatoms. The molecule has 3 rings (SSSR count). The molecule has 0 saturated heterocycles. The van der Waals surface area contributed by atoms with Crippen LogP contribution in [0.2, 0.25) is 4.34 Å². The highest BCUT2D eigenvalue weighted by molar-refractivity contribution is 7.16. The molecule has 0 aromatic carbocycles. The van der Waals surface area contributed by atoms with Crippen molar-refractivity contribution in [1.29, 1.82) is 0 Å². The standard InChI is InChI=1S/C14H16ClNS2/c1-9(12-5-6-14(15)18-12)16-8-11-7-10-3-2-4-13(10)17-11/h5-7,9,16H,2-4,8H2,1H3. The highest BCUT2D eigenvalue weighted by atomic mass is 35.5. The number of aryl methyl sites for hydroxylation is 2. The Balaban J connectivity index is 1.60. The second-order valence-corrected chi connectivity index (χ2v) is 7.73. The van der Waals surface area contributed by atoms with E-state index in [9.17, 15) is 0 Å². The zero-order chi connectivity index (χ0) is 12.5. The van der Waals surface area contributed by atoms with E-state index < -0.39 is 0 Å². The van der Waals surface area contributed by atoms with Crippen molar-refractivity contribution < 1.29 is 0 Å². The first-order valence-corrected chi connectivity index (χ1v) is 8.32. The minimum Gasteiger partial charge on any atom is -0.305 e. The molecule has 0 amide bonds. The largest absolute Gasteiger partial charge is 0.305 e. The molecule has 0 saturated carbocycles. The Morgan fingerprint density at radius 3 is 2.94 bits per heavy atom. The lowest BCUT2D eigenvalue weighted by Gasteiger charge is -2.10. The minimum absolute atomic E-state index is 0.374. The minimum atomic E-state index is 0.374. The highest BCUT2D eigenvalue weighted by Crippen LogP contribution is 2.31. The Kier molecular flexibility index (Phi) is 3.76. The van der Waals surface area contributed by atoms with Gasteiger partial charge in [0.25, 0.3) is 0 Å². The van der Waals surface area contributed by atoms with Gasteiger partial charge in [-0.25, -0.2) is 0 Å². The summed E-state index contributed by atoms with van der Waals surface area (Å²) in [5.74, 6) is 0. The number of halogens is 1. The van der Waals surface area contributed by atoms with Crippen LogP contribution in [-0.4, -0.2) is 0 Å². The van der Waals surface area contributed by atoms with Gasteiger partial charge >= 0.3 is 0 Å². The van der Waals surface area contributed by atoms with E-state index in [0.717, 1.165) is 10.9 Å². The molecule has 2 aromatic rings. The Labute approximate surface area is 121 Å². The summed E-state index contributed by atoms with van der Waals surface area (Å²) < 4.78 is 0.869. The first kappa shape index (κ1) is 12.7. The first-order valence-electron chi connectivity index (χ1n) is 6.31. The SMILES string of the molecule is CC(NCc1cc2c(s1)CCC2)c1ccc(Cl)s1. The van der Waals surface area contributed by atoms with E-state index >= 15 is 0 Å². The molecule has 0 bridgehead atoms. The maximum atomic E-state index is 5.96. The van der Waals surface area contributed by atoms with Crippen molar-refractivity contribution in [3.05, 3.63) is 42.7 Å². The third kappa shape index (κ3) is 2.64. The smallest absolute Gasteiger partial charge is 0.0931 e. The molecular weight excluding hydrogens is 282 g/mol. The molecule has 1 aliphatic carbocycles. The normalized spacial score (nSPS) is 15.9. The van der Waals surface area contributed by atoms with E-state index in [0.29, 0.717) is 6.04 Å². The summed E-state index contributed by atoms with van der Waals surface area (Å²) in [6.45, 7) is 3.16. The van der Waals surface area contributed by atoms with E-state index in [4.69, 9.17) is 11.6 Å². The van der Waals surface area contributed by atoms with Crippen molar-refractivity contribution in [2.75, 3.05) is 0 Å². The molecule has 0 aliphatic heterocycles. The van der Waals surface area contributed by atoms with Crippen molar-refractivity contribution in [2.45, 2.75) is 38.8 Å². The summed E-state index contributed by atoms with van der Waals surface area (Å²) in [5.41, 5.74) is 1.59. The number of hydrogen-bond donors (Lipinski definition) is 1. The van der Waals surface area contributed by atoms with Crippen molar-refractivity contribution in [3.8, 4) is 0 Å². The predicted molar refractivity (Wildman–Crippen MR) is 80.9 cm³/mol. The van der Waals surface area contributed by atoms with Crippen LogP contribution in [0.1, 0.15) is 39.6 Å². The van der Waals surface area contributed by atoms with Crippen LogP contribution in [0, 0.1) is 0 Å². The number of thiophene rings is 2. The number of rotatable bonds is 4. The predicted octanol–water partition coefficient (Wildman–Crippen LogP) is 4.80. The second-order valence-electron chi connectivity index (χ2n) is 4.76. The molecule has 2 aromatic heterocycles. The van der Waals surface area contributed by atoms with Gasteiger partial charge in [0.05, 0.1) is 4.34 Å². The van der Waals surface area contributed by atoms with Crippen LogP contribution in [0.5, 0.6) is 0 Å². The van der Waals surface area contributed by atoms with Gasteiger partial charge < -0.3 is 5.32 Å². The van der Waals surface area contributed by atoms with Gasteiger partial charge in [0.2, 0.25) is 0 Å². The van der Waals surface area contributed by atoms with Gasteiger partial charge in [0, 0.05) is 27.2 Å². The maximum absolute atomic E-state index is 5.96. The van der Waals surface area contributed by atoms with Crippen LogP contribution in [0.25, 0.3) is 0 Å².